The Morgan fingerprint density at radius 2 is 2.00 bits per heavy atom. The predicted octanol–water partition coefficient (Wildman–Crippen LogP) is 3.51. The van der Waals surface area contributed by atoms with E-state index in [2.05, 4.69) is 11.8 Å². The standard InChI is InChI=1S/C16H12ClF2NO/c17-14-4-1-5-15(19)16(14)21-10-12-6-7-13(18)9-11(12)3-2-8-20/h1,4-7,9H,8,10,20H2. The lowest BCUT2D eigenvalue weighted by Crippen LogP contribution is -2.01. The molecule has 2 nitrogen and oxygen atoms in total. The number of benzene rings is 2. The summed E-state index contributed by atoms with van der Waals surface area (Å²) in [6.45, 7) is 0.186. The molecular weight excluding hydrogens is 296 g/mol. The minimum absolute atomic E-state index is 0.0233. The molecule has 0 atom stereocenters. The van der Waals surface area contributed by atoms with Crippen molar-refractivity contribution in [3.63, 3.8) is 0 Å². The fourth-order valence-corrected chi connectivity index (χ4v) is 1.93. The summed E-state index contributed by atoms with van der Waals surface area (Å²) in [7, 11) is 0. The number of hydrogen-bond donors (Lipinski definition) is 1. The van der Waals surface area contributed by atoms with Crippen molar-refractivity contribution in [2.24, 2.45) is 5.73 Å². The SMILES string of the molecule is NCC#Cc1cc(F)ccc1COc1c(F)cccc1Cl. The van der Waals surface area contributed by atoms with E-state index in [9.17, 15) is 8.78 Å². The average molecular weight is 308 g/mol. The second-order valence-corrected chi connectivity index (χ2v) is 4.55. The molecule has 2 rings (SSSR count). The van der Waals surface area contributed by atoms with Crippen LogP contribution in [0.1, 0.15) is 11.1 Å². The zero-order chi connectivity index (χ0) is 15.2. The summed E-state index contributed by atoms with van der Waals surface area (Å²) >= 11 is 5.87. The summed E-state index contributed by atoms with van der Waals surface area (Å²) in [6.07, 6.45) is 0. The van der Waals surface area contributed by atoms with Gasteiger partial charge in [0.25, 0.3) is 0 Å². The zero-order valence-electron chi connectivity index (χ0n) is 11.0. The van der Waals surface area contributed by atoms with Crippen LogP contribution in [0.5, 0.6) is 5.75 Å². The Hall–Kier alpha value is -2.09. The molecule has 0 aromatic heterocycles. The first-order chi connectivity index (χ1) is 10.1. The van der Waals surface area contributed by atoms with E-state index < -0.39 is 11.6 Å². The van der Waals surface area contributed by atoms with Crippen LogP contribution in [-0.2, 0) is 6.61 Å². The van der Waals surface area contributed by atoms with Crippen molar-refractivity contribution in [2.45, 2.75) is 6.61 Å². The van der Waals surface area contributed by atoms with Gasteiger partial charge in [0, 0.05) is 11.1 Å². The van der Waals surface area contributed by atoms with E-state index in [1.165, 1.54) is 36.4 Å². The first-order valence-electron chi connectivity index (χ1n) is 6.16. The van der Waals surface area contributed by atoms with E-state index in [4.69, 9.17) is 22.1 Å². The Morgan fingerprint density at radius 1 is 1.19 bits per heavy atom. The van der Waals surface area contributed by atoms with Gasteiger partial charge in [-0.05, 0) is 24.3 Å². The van der Waals surface area contributed by atoms with Crippen LogP contribution in [0.15, 0.2) is 36.4 Å². The third kappa shape index (κ3) is 3.94. The molecule has 0 spiro atoms. The number of nitrogens with two attached hydrogens (primary N) is 1. The van der Waals surface area contributed by atoms with Gasteiger partial charge in [-0.3, -0.25) is 0 Å². The largest absolute Gasteiger partial charge is 0.484 e. The maximum atomic E-state index is 13.6. The molecule has 2 aromatic rings. The molecule has 0 aliphatic carbocycles. The molecule has 108 valence electrons. The number of hydrogen-bond acceptors (Lipinski definition) is 2. The Balaban J connectivity index is 2.24. The van der Waals surface area contributed by atoms with Gasteiger partial charge < -0.3 is 10.5 Å². The van der Waals surface area contributed by atoms with E-state index >= 15 is 0 Å². The average Bonchev–Trinajstić information content (AvgIpc) is 2.46. The molecule has 0 unspecified atom stereocenters. The normalized spacial score (nSPS) is 9.90. The maximum Gasteiger partial charge on any atom is 0.174 e. The monoisotopic (exact) mass is 307 g/mol. The van der Waals surface area contributed by atoms with Crippen molar-refractivity contribution in [2.75, 3.05) is 6.54 Å². The van der Waals surface area contributed by atoms with Crippen molar-refractivity contribution >= 4 is 11.6 Å². The number of halogens is 3. The van der Waals surface area contributed by atoms with Crippen molar-refractivity contribution in [1.82, 2.24) is 0 Å². The second kappa shape index (κ2) is 7.07. The molecule has 0 heterocycles. The molecule has 0 aliphatic rings. The molecule has 0 radical (unpaired) electrons. The smallest absolute Gasteiger partial charge is 0.174 e. The van der Waals surface area contributed by atoms with Gasteiger partial charge in [0.05, 0.1) is 11.6 Å². The summed E-state index contributed by atoms with van der Waals surface area (Å²) in [6, 6.07) is 8.37. The predicted molar refractivity (Wildman–Crippen MR) is 78.1 cm³/mol. The molecular formula is C16H12ClF2NO. The van der Waals surface area contributed by atoms with Gasteiger partial charge in [-0.25, -0.2) is 8.78 Å². The summed E-state index contributed by atoms with van der Waals surface area (Å²) in [4.78, 5) is 0. The van der Waals surface area contributed by atoms with Gasteiger partial charge in [-0.1, -0.05) is 35.6 Å². The summed E-state index contributed by atoms with van der Waals surface area (Å²) < 4.78 is 32.2. The van der Waals surface area contributed by atoms with Crippen molar-refractivity contribution in [3.8, 4) is 17.6 Å². The topological polar surface area (TPSA) is 35.2 Å². The number of para-hydroxylation sites is 1. The van der Waals surface area contributed by atoms with Gasteiger partial charge in [-0.15, -0.1) is 0 Å². The maximum absolute atomic E-state index is 13.6. The Morgan fingerprint density at radius 3 is 2.71 bits per heavy atom. The molecule has 0 saturated heterocycles. The lowest BCUT2D eigenvalue weighted by molar-refractivity contribution is 0.290. The first-order valence-corrected chi connectivity index (χ1v) is 6.54. The zero-order valence-corrected chi connectivity index (χ0v) is 11.8. The fraction of sp³-hybridized carbons (Fsp3) is 0.125. The molecule has 0 saturated carbocycles. The van der Waals surface area contributed by atoms with Gasteiger partial charge in [0.1, 0.15) is 12.4 Å². The van der Waals surface area contributed by atoms with E-state index in [1.807, 2.05) is 0 Å². The van der Waals surface area contributed by atoms with Crippen LogP contribution in [0.25, 0.3) is 0 Å². The van der Waals surface area contributed by atoms with Crippen LogP contribution < -0.4 is 10.5 Å². The van der Waals surface area contributed by atoms with Gasteiger partial charge in [0.15, 0.2) is 11.6 Å². The van der Waals surface area contributed by atoms with Crippen LogP contribution in [0.4, 0.5) is 8.78 Å². The lowest BCUT2D eigenvalue weighted by Gasteiger charge is -2.10. The van der Waals surface area contributed by atoms with E-state index in [1.54, 1.807) is 0 Å². The first kappa shape index (κ1) is 15.3. The van der Waals surface area contributed by atoms with E-state index in [0.717, 1.165) is 0 Å². The molecule has 2 aromatic carbocycles. The number of rotatable bonds is 3. The van der Waals surface area contributed by atoms with Crippen LogP contribution in [0.2, 0.25) is 5.02 Å². The Kier molecular flexibility index (Phi) is 5.15. The summed E-state index contributed by atoms with van der Waals surface area (Å²) in [5, 5.41) is 0.173. The molecule has 0 amide bonds. The van der Waals surface area contributed by atoms with Gasteiger partial charge in [-0.2, -0.15) is 0 Å². The molecule has 5 heteroatoms. The highest BCUT2D eigenvalue weighted by Gasteiger charge is 2.10. The Labute approximate surface area is 126 Å². The lowest BCUT2D eigenvalue weighted by atomic mass is 10.1. The third-order valence-corrected chi connectivity index (χ3v) is 2.99. The quantitative estimate of drug-likeness (QED) is 0.881. The molecule has 2 N–H and O–H groups in total. The van der Waals surface area contributed by atoms with Crippen molar-refractivity contribution < 1.29 is 13.5 Å². The van der Waals surface area contributed by atoms with Crippen LogP contribution >= 0.6 is 11.6 Å². The van der Waals surface area contributed by atoms with Crippen LogP contribution in [-0.4, -0.2) is 6.54 Å². The Bertz CT molecular complexity index is 687. The number of ether oxygens (including phenoxy) is 1. The minimum atomic E-state index is -0.556. The van der Waals surface area contributed by atoms with Crippen molar-refractivity contribution in [1.29, 1.82) is 0 Å². The highest BCUT2D eigenvalue weighted by atomic mass is 35.5. The van der Waals surface area contributed by atoms with E-state index in [-0.39, 0.29) is 23.9 Å². The summed E-state index contributed by atoms with van der Waals surface area (Å²) in [5.41, 5.74) is 6.38. The highest BCUT2D eigenvalue weighted by Crippen LogP contribution is 2.28. The van der Waals surface area contributed by atoms with Gasteiger partial charge in [0.2, 0.25) is 0 Å². The van der Waals surface area contributed by atoms with Crippen molar-refractivity contribution in [3.05, 3.63) is 64.2 Å². The van der Waals surface area contributed by atoms with Crippen LogP contribution in [0, 0.1) is 23.5 Å². The molecule has 0 bridgehead atoms. The highest BCUT2D eigenvalue weighted by molar-refractivity contribution is 6.32. The molecule has 21 heavy (non-hydrogen) atoms. The summed E-state index contributed by atoms with van der Waals surface area (Å²) in [5.74, 6) is 4.40. The molecule has 0 aliphatic heterocycles. The van der Waals surface area contributed by atoms with Gasteiger partial charge >= 0.3 is 0 Å². The molecule has 0 fully saturated rings. The second-order valence-electron chi connectivity index (χ2n) is 4.15. The van der Waals surface area contributed by atoms with Crippen LogP contribution in [0.3, 0.4) is 0 Å². The van der Waals surface area contributed by atoms with E-state index in [0.29, 0.717) is 11.1 Å². The fourth-order valence-electron chi connectivity index (χ4n) is 1.71. The minimum Gasteiger partial charge on any atom is -0.484 e. The third-order valence-electron chi connectivity index (χ3n) is 2.69.